The summed E-state index contributed by atoms with van der Waals surface area (Å²) >= 11 is 0. The van der Waals surface area contributed by atoms with Gasteiger partial charge in [-0.25, -0.2) is 4.39 Å². The molecule has 3 nitrogen and oxygen atoms in total. The molecular formula is C14H21FN2O. The van der Waals surface area contributed by atoms with Gasteiger partial charge >= 0.3 is 0 Å². The molecule has 0 radical (unpaired) electrons. The van der Waals surface area contributed by atoms with E-state index in [1.54, 1.807) is 12.1 Å². The summed E-state index contributed by atoms with van der Waals surface area (Å²) in [5.41, 5.74) is 0.749. The van der Waals surface area contributed by atoms with Crippen molar-refractivity contribution < 1.29 is 9.50 Å². The van der Waals surface area contributed by atoms with Gasteiger partial charge in [-0.05, 0) is 37.6 Å². The molecule has 0 spiro atoms. The molecule has 1 saturated carbocycles. The first-order chi connectivity index (χ1) is 8.66. The maximum atomic E-state index is 12.7. The normalized spacial score (nSPS) is 17.1. The summed E-state index contributed by atoms with van der Waals surface area (Å²) in [6.45, 7) is 2.37. The monoisotopic (exact) mass is 252 g/mol. The zero-order chi connectivity index (χ0) is 13.0. The Kier molecular flexibility index (Phi) is 4.69. The maximum Gasteiger partial charge on any atom is 0.123 e. The van der Waals surface area contributed by atoms with E-state index in [1.807, 2.05) is 0 Å². The molecule has 0 bridgehead atoms. The van der Waals surface area contributed by atoms with Crippen LogP contribution in [-0.4, -0.2) is 42.7 Å². The van der Waals surface area contributed by atoms with Gasteiger partial charge in [0.15, 0.2) is 0 Å². The van der Waals surface area contributed by atoms with Crippen molar-refractivity contribution in [2.45, 2.75) is 25.0 Å². The van der Waals surface area contributed by atoms with Gasteiger partial charge in [0, 0.05) is 25.7 Å². The van der Waals surface area contributed by atoms with Gasteiger partial charge in [-0.15, -0.1) is 0 Å². The zero-order valence-corrected chi connectivity index (χ0v) is 10.8. The second-order valence-electron chi connectivity index (χ2n) is 4.98. The quantitative estimate of drug-likeness (QED) is 0.723. The van der Waals surface area contributed by atoms with E-state index in [4.69, 9.17) is 0 Å². The summed E-state index contributed by atoms with van der Waals surface area (Å²) in [5, 5.41) is 13.1. The summed E-state index contributed by atoms with van der Waals surface area (Å²) in [4.78, 5) is 2.34. The molecule has 1 aromatic rings. The lowest BCUT2D eigenvalue weighted by atomic mass is 10.1. The number of hydrogen-bond donors (Lipinski definition) is 2. The van der Waals surface area contributed by atoms with Crippen molar-refractivity contribution in [3.05, 3.63) is 35.6 Å². The number of nitrogens with one attached hydrogen (secondary N) is 1. The van der Waals surface area contributed by atoms with E-state index >= 15 is 0 Å². The Morgan fingerprint density at radius 1 is 1.39 bits per heavy atom. The van der Waals surface area contributed by atoms with Crippen molar-refractivity contribution >= 4 is 0 Å². The van der Waals surface area contributed by atoms with Crippen molar-refractivity contribution in [1.82, 2.24) is 10.2 Å². The van der Waals surface area contributed by atoms with Crippen LogP contribution in [0.5, 0.6) is 0 Å². The molecule has 1 unspecified atom stereocenters. The van der Waals surface area contributed by atoms with E-state index in [0.29, 0.717) is 6.54 Å². The lowest BCUT2D eigenvalue weighted by Gasteiger charge is -2.17. The molecule has 2 N–H and O–H groups in total. The van der Waals surface area contributed by atoms with Gasteiger partial charge in [0.1, 0.15) is 5.82 Å². The molecule has 0 aromatic heterocycles. The van der Waals surface area contributed by atoms with Crippen LogP contribution in [0.25, 0.3) is 0 Å². The van der Waals surface area contributed by atoms with Crippen LogP contribution in [0.2, 0.25) is 0 Å². The highest BCUT2D eigenvalue weighted by Gasteiger charge is 2.25. The fraction of sp³-hybridized carbons (Fsp3) is 0.571. The fourth-order valence-electron chi connectivity index (χ4n) is 1.99. The minimum absolute atomic E-state index is 0.273. The van der Waals surface area contributed by atoms with E-state index in [2.05, 4.69) is 17.3 Å². The van der Waals surface area contributed by atoms with Gasteiger partial charge in [-0.1, -0.05) is 12.1 Å². The molecule has 0 amide bonds. The van der Waals surface area contributed by atoms with Gasteiger partial charge in [-0.2, -0.15) is 0 Å². The molecule has 1 fully saturated rings. The summed E-state index contributed by atoms with van der Waals surface area (Å²) in [6.07, 6.45) is 2.06. The van der Waals surface area contributed by atoms with E-state index in [-0.39, 0.29) is 5.82 Å². The van der Waals surface area contributed by atoms with E-state index < -0.39 is 6.10 Å². The summed E-state index contributed by atoms with van der Waals surface area (Å²) in [7, 11) is 2.13. The molecule has 1 atom stereocenters. The lowest BCUT2D eigenvalue weighted by molar-refractivity contribution is 0.172. The molecule has 0 saturated heterocycles. The van der Waals surface area contributed by atoms with Crippen LogP contribution in [0.1, 0.15) is 24.5 Å². The van der Waals surface area contributed by atoms with Crippen molar-refractivity contribution in [3.8, 4) is 0 Å². The fourth-order valence-corrected chi connectivity index (χ4v) is 1.99. The highest BCUT2D eigenvalue weighted by molar-refractivity contribution is 5.18. The van der Waals surface area contributed by atoms with Crippen LogP contribution in [0, 0.1) is 5.82 Å². The van der Waals surface area contributed by atoms with E-state index in [1.165, 1.54) is 25.0 Å². The molecule has 100 valence electrons. The Bertz CT molecular complexity index is 365. The average molecular weight is 252 g/mol. The number of likely N-dealkylation sites (N-methyl/N-ethyl adjacent to an activating group) is 1. The number of halogens is 1. The van der Waals surface area contributed by atoms with Gasteiger partial charge in [-0.3, -0.25) is 0 Å². The molecule has 18 heavy (non-hydrogen) atoms. The molecule has 1 aliphatic carbocycles. The largest absolute Gasteiger partial charge is 0.387 e. The van der Waals surface area contributed by atoms with Gasteiger partial charge in [0.25, 0.3) is 0 Å². The van der Waals surface area contributed by atoms with Crippen LogP contribution in [0.4, 0.5) is 4.39 Å². The SMILES string of the molecule is CN(CCNCC(O)c1ccc(F)cc1)C1CC1. The Hall–Kier alpha value is -0.970. The van der Waals surface area contributed by atoms with Crippen molar-refractivity contribution in [1.29, 1.82) is 0 Å². The number of benzene rings is 1. The van der Waals surface area contributed by atoms with Crippen LogP contribution < -0.4 is 5.32 Å². The molecular weight excluding hydrogens is 231 g/mol. The van der Waals surface area contributed by atoms with Crippen LogP contribution in [-0.2, 0) is 0 Å². The van der Waals surface area contributed by atoms with Crippen LogP contribution >= 0.6 is 0 Å². The highest BCUT2D eigenvalue weighted by atomic mass is 19.1. The third kappa shape index (κ3) is 4.05. The maximum absolute atomic E-state index is 12.7. The number of aliphatic hydroxyl groups excluding tert-OH is 1. The van der Waals surface area contributed by atoms with Crippen molar-refractivity contribution in [2.75, 3.05) is 26.7 Å². The third-order valence-electron chi connectivity index (χ3n) is 3.40. The number of rotatable bonds is 7. The van der Waals surface area contributed by atoms with Gasteiger partial charge in [0.05, 0.1) is 6.10 Å². The standard InChI is InChI=1S/C14H21FN2O/c1-17(13-6-7-13)9-8-16-10-14(18)11-2-4-12(15)5-3-11/h2-5,13-14,16,18H,6-10H2,1H3. The minimum Gasteiger partial charge on any atom is -0.387 e. The van der Waals surface area contributed by atoms with Crippen molar-refractivity contribution in [3.63, 3.8) is 0 Å². The summed E-state index contributed by atoms with van der Waals surface area (Å²) < 4.78 is 12.7. The highest BCUT2D eigenvalue weighted by Crippen LogP contribution is 2.24. The molecule has 1 aliphatic rings. The zero-order valence-electron chi connectivity index (χ0n) is 10.8. The second kappa shape index (κ2) is 6.27. The third-order valence-corrected chi connectivity index (χ3v) is 3.40. The van der Waals surface area contributed by atoms with Crippen LogP contribution in [0.3, 0.4) is 0 Å². The number of nitrogens with zero attached hydrogens (tertiary/aromatic N) is 1. The molecule has 0 heterocycles. The predicted octanol–water partition coefficient (Wildman–Crippen LogP) is 1.54. The second-order valence-corrected chi connectivity index (χ2v) is 4.98. The molecule has 0 aliphatic heterocycles. The molecule has 1 aromatic carbocycles. The van der Waals surface area contributed by atoms with Gasteiger partial charge in [0.2, 0.25) is 0 Å². The van der Waals surface area contributed by atoms with Crippen molar-refractivity contribution in [2.24, 2.45) is 0 Å². The average Bonchev–Trinajstić information content (AvgIpc) is 3.19. The lowest BCUT2D eigenvalue weighted by Crippen LogP contribution is -2.32. The smallest absolute Gasteiger partial charge is 0.123 e. The Labute approximate surface area is 108 Å². The van der Waals surface area contributed by atoms with E-state index in [9.17, 15) is 9.50 Å². The van der Waals surface area contributed by atoms with E-state index in [0.717, 1.165) is 24.7 Å². The minimum atomic E-state index is -0.572. The molecule has 2 rings (SSSR count). The summed E-state index contributed by atoms with van der Waals surface area (Å²) in [6, 6.07) is 6.77. The van der Waals surface area contributed by atoms with Crippen LogP contribution in [0.15, 0.2) is 24.3 Å². The predicted molar refractivity (Wildman–Crippen MR) is 69.9 cm³/mol. The first-order valence-corrected chi connectivity index (χ1v) is 6.51. The first kappa shape index (κ1) is 13.5. The Morgan fingerprint density at radius 2 is 2.06 bits per heavy atom. The number of hydrogen-bond acceptors (Lipinski definition) is 3. The Morgan fingerprint density at radius 3 is 2.67 bits per heavy atom. The number of aliphatic hydroxyl groups is 1. The topological polar surface area (TPSA) is 35.5 Å². The first-order valence-electron chi connectivity index (χ1n) is 6.51. The summed E-state index contributed by atoms with van der Waals surface area (Å²) in [5.74, 6) is -0.273. The Balaban J connectivity index is 1.64. The van der Waals surface area contributed by atoms with Gasteiger partial charge < -0.3 is 15.3 Å². The molecule has 4 heteroatoms.